The van der Waals surface area contributed by atoms with Crippen molar-refractivity contribution in [2.24, 2.45) is 4.99 Å². The predicted octanol–water partition coefficient (Wildman–Crippen LogP) is 5.07. The summed E-state index contributed by atoms with van der Waals surface area (Å²) in [5.74, 6) is 0.129. The van der Waals surface area contributed by atoms with Gasteiger partial charge in [-0.05, 0) is 67.0 Å². The van der Waals surface area contributed by atoms with Crippen molar-refractivity contribution < 1.29 is 9.90 Å². The number of nitrogens with zero attached hydrogens (tertiary/aromatic N) is 3. The van der Waals surface area contributed by atoms with E-state index in [4.69, 9.17) is 0 Å². The number of aliphatic imine (C=N–C) groups is 1. The van der Waals surface area contributed by atoms with Gasteiger partial charge in [0, 0.05) is 78.7 Å². The van der Waals surface area contributed by atoms with Crippen molar-refractivity contribution in [3.8, 4) is 0 Å². The summed E-state index contributed by atoms with van der Waals surface area (Å²) >= 11 is 0. The number of aliphatic hydroxyl groups is 1. The molecule has 3 aliphatic rings. The number of carbonyl (C=O) groups excluding carboxylic acids is 1. The highest BCUT2D eigenvalue weighted by Gasteiger charge is 2.41. The number of piperidine rings is 2. The number of rotatable bonds is 4. The fourth-order valence-corrected chi connectivity index (χ4v) is 7.06. The Hall–Kier alpha value is -2.96. The number of ketones is 1. The summed E-state index contributed by atoms with van der Waals surface area (Å²) in [6.07, 6.45) is 6.72. The van der Waals surface area contributed by atoms with Gasteiger partial charge in [0.25, 0.3) is 0 Å². The van der Waals surface area contributed by atoms with Crippen LogP contribution in [-0.2, 0) is 11.8 Å². The molecule has 6 heteroatoms. The van der Waals surface area contributed by atoms with Crippen molar-refractivity contribution >= 4 is 28.6 Å². The highest BCUT2D eigenvalue weighted by atomic mass is 16.3. The summed E-state index contributed by atoms with van der Waals surface area (Å²) in [6, 6.07) is 11.3. The number of aryl methyl sites for hydroxylation is 1. The Labute approximate surface area is 225 Å². The van der Waals surface area contributed by atoms with E-state index in [1.807, 2.05) is 12.3 Å². The molecule has 1 aromatic heterocycles. The Morgan fingerprint density at radius 3 is 2.50 bits per heavy atom. The van der Waals surface area contributed by atoms with Crippen molar-refractivity contribution in [1.29, 1.82) is 0 Å². The zero-order chi connectivity index (χ0) is 26.6. The first-order valence-electron chi connectivity index (χ1n) is 14.3. The minimum Gasteiger partial charge on any atom is -0.393 e. The average molecular weight is 513 g/mol. The topological polar surface area (TPSA) is 71.9 Å². The monoisotopic (exact) mass is 512 g/mol. The van der Waals surface area contributed by atoms with Crippen LogP contribution in [0.2, 0.25) is 0 Å². The number of nitrogens with one attached hydrogen (secondary N) is 1. The maximum absolute atomic E-state index is 14.0. The zero-order valence-corrected chi connectivity index (χ0v) is 23.2. The second kappa shape index (κ2) is 9.65. The molecule has 0 amide bonds. The standard InChI is InChI=1S/C32H40N4O2/c1-5-21-17-25-26(18-28(21)36-12-8-22(9-13-36)35-14-10-23(37)11-15-35)32(2,3)31-29(30(25)38)24-7-6-20(19-33-4)16-27(24)34-31/h6-7,16-19,22-23,34,37H,5,8-15H2,1-4H3/b33-19-. The summed E-state index contributed by atoms with van der Waals surface area (Å²) in [5.41, 5.74) is 8.06. The maximum atomic E-state index is 14.0. The zero-order valence-electron chi connectivity index (χ0n) is 23.2. The number of anilines is 1. The van der Waals surface area contributed by atoms with E-state index in [1.165, 1.54) is 11.3 Å². The van der Waals surface area contributed by atoms with Crippen LogP contribution in [0.3, 0.4) is 0 Å². The first kappa shape index (κ1) is 25.3. The van der Waals surface area contributed by atoms with Crippen LogP contribution in [0.1, 0.15) is 84.8 Å². The molecule has 0 saturated carbocycles. The van der Waals surface area contributed by atoms with Crippen molar-refractivity contribution in [2.75, 3.05) is 38.1 Å². The summed E-state index contributed by atoms with van der Waals surface area (Å²) in [7, 11) is 1.78. The number of likely N-dealkylation sites (tertiary alicyclic amines) is 1. The van der Waals surface area contributed by atoms with Crippen molar-refractivity contribution in [3.63, 3.8) is 0 Å². The van der Waals surface area contributed by atoms with Gasteiger partial charge >= 0.3 is 0 Å². The molecule has 3 heterocycles. The lowest BCUT2D eigenvalue weighted by atomic mass is 9.70. The van der Waals surface area contributed by atoms with Gasteiger partial charge in [0.1, 0.15) is 0 Å². The van der Waals surface area contributed by atoms with E-state index < -0.39 is 0 Å². The molecule has 0 bridgehead atoms. The van der Waals surface area contributed by atoms with Crippen molar-refractivity contribution in [1.82, 2.24) is 9.88 Å². The molecule has 0 atom stereocenters. The number of aromatic nitrogens is 1. The molecule has 38 heavy (non-hydrogen) atoms. The summed E-state index contributed by atoms with van der Waals surface area (Å²) in [6.45, 7) is 10.8. The smallest absolute Gasteiger partial charge is 0.195 e. The molecule has 0 spiro atoms. The quantitative estimate of drug-likeness (QED) is 0.479. The second-order valence-electron chi connectivity index (χ2n) is 11.9. The average Bonchev–Trinajstić information content (AvgIpc) is 3.32. The lowest BCUT2D eigenvalue weighted by Crippen LogP contribution is -2.48. The van der Waals surface area contributed by atoms with Gasteiger partial charge in [-0.15, -0.1) is 0 Å². The molecule has 6 nitrogen and oxygen atoms in total. The number of aliphatic hydroxyl groups excluding tert-OH is 1. The first-order chi connectivity index (χ1) is 18.3. The number of hydrogen-bond acceptors (Lipinski definition) is 5. The van der Waals surface area contributed by atoms with E-state index in [2.05, 4.69) is 64.8 Å². The van der Waals surface area contributed by atoms with Gasteiger partial charge < -0.3 is 19.9 Å². The normalized spacial score (nSPS) is 20.9. The number of H-pyrrole nitrogens is 1. The largest absolute Gasteiger partial charge is 0.393 e. The number of benzene rings is 2. The van der Waals surface area contributed by atoms with Gasteiger partial charge in [-0.3, -0.25) is 9.79 Å². The van der Waals surface area contributed by atoms with Crippen LogP contribution < -0.4 is 4.90 Å². The molecule has 1 aliphatic carbocycles. The van der Waals surface area contributed by atoms with Crippen molar-refractivity contribution in [3.05, 3.63) is 63.8 Å². The van der Waals surface area contributed by atoms with Crippen LogP contribution in [0.25, 0.3) is 10.9 Å². The molecule has 0 radical (unpaired) electrons. The summed E-state index contributed by atoms with van der Waals surface area (Å²) in [5, 5.41) is 10.9. The minimum absolute atomic E-state index is 0.120. The fraction of sp³-hybridized carbons (Fsp3) is 0.500. The van der Waals surface area contributed by atoms with Crippen LogP contribution >= 0.6 is 0 Å². The van der Waals surface area contributed by atoms with Gasteiger partial charge in [0.15, 0.2) is 5.78 Å². The van der Waals surface area contributed by atoms with Crippen molar-refractivity contribution in [2.45, 2.75) is 70.4 Å². The third kappa shape index (κ3) is 4.09. The third-order valence-corrected chi connectivity index (χ3v) is 9.29. The molecule has 2 aliphatic heterocycles. The van der Waals surface area contributed by atoms with Gasteiger partial charge in [0.2, 0.25) is 0 Å². The Kier molecular flexibility index (Phi) is 6.43. The molecule has 3 aromatic rings. The highest BCUT2D eigenvalue weighted by molar-refractivity contribution is 6.20. The maximum Gasteiger partial charge on any atom is 0.195 e. The van der Waals surface area contributed by atoms with Crippen LogP contribution in [0.4, 0.5) is 5.69 Å². The van der Waals surface area contributed by atoms with E-state index >= 15 is 0 Å². The molecule has 200 valence electrons. The van der Waals surface area contributed by atoms with E-state index in [0.29, 0.717) is 6.04 Å². The highest BCUT2D eigenvalue weighted by Crippen LogP contribution is 2.46. The Morgan fingerprint density at radius 1 is 1.08 bits per heavy atom. The van der Waals surface area contributed by atoms with E-state index in [9.17, 15) is 9.90 Å². The number of carbonyl (C=O) groups is 1. The van der Waals surface area contributed by atoms with Crippen LogP contribution in [0.5, 0.6) is 0 Å². The molecule has 2 fully saturated rings. The van der Waals surface area contributed by atoms with E-state index in [0.717, 1.165) is 97.1 Å². The Morgan fingerprint density at radius 2 is 1.82 bits per heavy atom. The number of fused-ring (bicyclic) bond motifs is 4. The predicted molar refractivity (Wildman–Crippen MR) is 155 cm³/mol. The Bertz CT molecular complexity index is 1400. The summed E-state index contributed by atoms with van der Waals surface area (Å²) < 4.78 is 0. The fourth-order valence-electron chi connectivity index (χ4n) is 7.06. The second-order valence-corrected chi connectivity index (χ2v) is 11.9. The van der Waals surface area contributed by atoms with Gasteiger partial charge in [-0.1, -0.05) is 32.9 Å². The molecular weight excluding hydrogens is 472 g/mol. The molecule has 2 aromatic carbocycles. The van der Waals surface area contributed by atoms with Gasteiger partial charge in [-0.2, -0.15) is 0 Å². The number of hydrogen-bond donors (Lipinski definition) is 2. The van der Waals surface area contributed by atoms with Gasteiger partial charge in [-0.25, -0.2) is 0 Å². The Balaban J connectivity index is 1.33. The van der Waals surface area contributed by atoms with E-state index in [-0.39, 0.29) is 17.3 Å². The molecule has 2 N–H and O–H groups in total. The minimum atomic E-state index is -0.315. The first-order valence-corrected chi connectivity index (χ1v) is 14.3. The number of aromatic amines is 1. The van der Waals surface area contributed by atoms with Crippen LogP contribution in [0.15, 0.2) is 35.3 Å². The molecule has 2 saturated heterocycles. The van der Waals surface area contributed by atoms with Gasteiger partial charge in [0.05, 0.1) is 11.7 Å². The van der Waals surface area contributed by atoms with E-state index in [1.54, 1.807) is 7.05 Å². The molecule has 6 rings (SSSR count). The molecule has 0 unspecified atom stereocenters. The van der Waals surface area contributed by atoms with Crippen LogP contribution in [0, 0.1) is 0 Å². The third-order valence-electron chi connectivity index (χ3n) is 9.29. The lowest BCUT2D eigenvalue weighted by Gasteiger charge is -2.42. The molecular formula is C32H40N4O2. The lowest BCUT2D eigenvalue weighted by molar-refractivity contribution is 0.0542. The SMILES string of the molecule is CCc1cc2c(cc1N1CCC(N3CCC(O)CC3)CC1)C(C)(C)c1[nH]c3cc(/C=N\C)ccc3c1C2=O. The van der Waals surface area contributed by atoms with Crippen LogP contribution in [-0.4, -0.2) is 72.4 Å². The summed E-state index contributed by atoms with van der Waals surface area (Å²) in [4.78, 5) is 26.9.